The van der Waals surface area contributed by atoms with E-state index in [2.05, 4.69) is 53.3 Å². The Bertz CT molecular complexity index is 1600. The second-order valence-corrected chi connectivity index (χ2v) is 14.5. The van der Waals surface area contributed by atoms with Gasteiger partial charge in [-0.05, 0) is 37.5 Å². The van der Waals surface area contributed by atoms with Crippen LogP contribution in [0.25, 0.3) is 0 Å². The molecule has 0 bridgehead atoms. The molecule has 6 N–H and O–H groups in total. The molecule has 0 atom stereocenters. The molecule has 0 aliphatic heterocycles. The van der Waals surface area contributed by atoms with E-state index >= 15 is 0 Å². The van der Waals surface area contributed by atoms with Crippen LogP contribution in [0.5, 0.6) is 17.2 Å². The number of hydrazine groups is 3. The maximum Gasteiger partial charge on any atom is 0.273 e. The van der Waals surface area contributed by atoms with Gasteiger partial charge in [-0.25, -0.2) is 0 Å². The highest BCUT2D eigenvalue weighted by Crippen LogP contribution is 2.30. The zero-order chi connectivity index (χ0) is 43.1. The van der Waals surface area contributed by atoms with Gasteiger partial charge in [0.1, 0.15) is 23.7 Å². The molecule has 15 nitrogen and oxygen atoms in total. The SMILES string of the molecule is CCCCCCCCOc1cc(OCCCCCCCC)c(C(=O)NNC(=O)CC(=O)NNC(=O)c2ccccc2OCCCCCCCC)cc1C(=O)NNC(C)=O. The number of hydrogen-bond donors (Lipinski definition) is 6. The van der Waals surface area contributed by atoms with Crippen molar-refractivity contribution in [1.29, 1.82) is 0 Å². The number of hydrogen-bond acceptors (Lipinski definition) is 9. The first-order chi connectivity index (χ1) is 28.6. The number of carbonyl (C=O) groups excluding carboxylic acids is 6. The summed E-state index contributed by atoms with van der Waals surface area (Å²) in [6, 6.07) is 9.38. The van der Waals surface area contributed by atoms with Crippen molar-refractivity contribution in [3.63, 3.8) is 0 Å². The first-order valence-corrected chi connectivity index (χ1v) is 21.5. The summed E-state index contributed by atoms with van der Waals surface area (Å²) < 4.78 is 17.9. The van der Waals surface area contributed by atoms with Crippen LogP contribution in [0.4, 0.5) is 0 Å². The van der Waals surface area contributed by atoms with Crippen molar-refractivity contribution in [2.24, 2.45) is 0 Å². The molecule has 0 heterocycles. The highest BCUT2D eigenvalue weighted by Gasteiger charge is 2.23. The van der Waals surface area contributed by atoms with Crippen LogP contribution >= 0.6 is 0 Å². The number of rotatable bonds is 29. The molecular formula is C44H68N6O9. The van der Waals surface area contributed by atoms with Crippen molar-refractivity contribution in [3.05, 3.63) is 53.1 Å². The first-order valence-electron chi connectivity index (χ1n) is 21.5. The molecule has 0 aliphatic rings. The number of amides is 6. The van der Waals surface area contributed by atoms with Gasteiger partial charge < -0.3 is 14.2 Å². The van der Waals surface area contributed by atoms with Gasteiger partial charge >= 0.3 is 0 Å². The second kappa shape index (κ2) is 30.7. The summed E-state index contributed by atoms with van der Waals surface area (Å²) in [7, 11) is 0. The van der Waals surface area contributed by atoms with Crippen LogP contribution in [0, 0.1) is 0 Å². The van der Waals surface area contributed by atoms with Crippen LogP contribution in [0.1, 0.15) is 181 Å². The predicted octanol–water partition coefficient (Wildman–Crippen LogP) is 7.30. The van der Waals surface area contributed by atoms with Gasteiger partial charge in [0.05, 0.1) is 36.5 Å². The summed E-state index contributed by atoms with van der Waals surface area (Å²) in [6.45, 7) is 8.75. The van der Waals surface area contributed by atoms with Crippen molar-refractivity contribution < 1.29 is 43.0 Å². The van der Waals surface area contributed by atoms with E-state index in [1.54, 1.807) is 24.3 Å². The Morgan fingerprint density at radius 2 is 0.797 bits per heavy atom. The lowest BCUT2D eigenvalue weighted by atomic mass is 10.1. The molecular weight excluding hydrogens is 757 g/mol. The van der Waals surface area contributed by atoms with E-state index in [-0.39, 0.29) is 34.8 Å². The fourth-order valence-electron chi connectivity index (χ4n) is 5.96. The van der Waals surface area contributed by atoms with Crippen LogP contribution in [0.3, 0.4) is 0 Å². The van der Waals surface area contributed by atoms with Gasteiger partial charge in [0.2, 0.25) is 17.7 Å². The molecule has 328 valence electrons. The van der Waals surface area contributed by atoms with Crippen molar-refractivity contribution in [1.82, 2.24) is 32.6 Å². The molecule has 2 aromatic carbocycles. The predicted molar refractivity (Wildman–Crippen MR) is 227 cm³/mol. The van der Waals surface area contributed by atoms with Gasteiger partial charge in [-0.1, -0.05) is 129 Å². The van der Waals surface area contributed by atoms with E-state index < -0.39 is 41.9 Å². The van der Waals surface area contributed by atoms with E-state index in [0.29, 0.717) is 19.0 Å². The van der Waals surface area contributed by atoms with Crippen molar-refractivity contribution >= 4 is 35.4 Å². The van der Waals surface area contributed by atoms with Crippen LogP contribution in [0.15, 0.2) is 36.4 Å². The molecule has 0 spiro atoms. The Hall–Kier alpha value is -5.34. The third-order valence-corrected chi connectivity index (χ3v) is 9.27. The largest absolute Gasteiger partial charge is 0.493 e. The topological polar surface area (TPSA) is 202 Å². The number of para-hydroxylation sites is 1. The number of unbranched alkanes of at least 4 members (excludes halogenated alkanes) is 15. The van der Waals surface area contributed by atoms with Gasteiger partial charge in [-0.15, -0.1) is 0 Å². The first kappa shape index (κ1) is 49.8. The minimum absolute atomic E-state index is 0.0439. The summed E-state index contributed by atoms with van der Waals surface area (Å²) in [5.41, 5.74) is 13.6. The van der Waals surface area contributed by atoms with Crippen LogP contribution < -0.4 is 46.8 Å². The Kier molecular flexibility index (Phi) is 25.9. The molecule has 0 radical (unpaired) electrons. The maximum atomic E-state index is 13.5. The van der Waals surface area contributed by atoms with Gasteiger partial charge in [0, 0.05) is 13.0 Å². The molecule has 0 unspecified atom stereocenters. The van der Waals surface area contributed by atoms with E-state index in [4.69, 9.17) is 14.2 Å². The van der Waals surface area contributed by atoms with Crippen LogP contribution in [-0.4, -0.2) is 55.3 Å². The molecule has 0 fully saturated rings. The van der Waals surface area contributed by atoms with Crippen LogP contribution in [0.2, 0.25) is 0 Å². The zero-order valence-electron chi connectivity index (χ0n) is 35.7. The van der Waals surface area contributed by atoms with Gasteiger partial charge in [0.15, 0.2) is 0 Å². The molecule has 2 rings (SSSR count). The Balaban J connectivity index is 2.09. The Labute approximate surface area is 350 Å². The van der Waals surface area contributed by atoms with Gasteiger partial charge in [-0.3, -0.25) is 61.3 Å². The third kappa shape index (κ3) is 21.3. The summed E-state index contributed by atoms with van der Waals surface area (Å²) in [6.07, 6.45) is 18.1. The quantitative estimate of drug-likeness (QED) is 0.0277. The Morgan fingerprint density at radius 3 is 1.24 bits per heavy atom. The molecule has 0 aromatic heterocycles. The lowest BCUT2D eigenvalue weighted by Crippen LogP contribution is -2.46. The van der Waals surface area contributed by atoms with E-state index in [1.165, 1.54) is 38.3 Å². The van der Waals surface area contributed by atoms with E-state index in [0.717, 1.165) is 96.3 Å². The smallest absolute Gasteiger partial charge is 0.273 e. The molecule has 15 heteroatoms. The average molecular weight is 825 g/mol. The lowest BCUT2D eigenvalue weighted by Gasteiger charge is -2.18. The Morgan fingerprint density at radius 1 is 0.424 bits per heavy atom. The fourth-order valence-corrected chi connectivity index (χ4v) is 5.96. The third-order valence-electron chi connectivity index (χ3n) is 9.27. The van der Waals surface area contributed by atoms with Crippen LogP contribution in [-0.2, 0) is 14.4 Å². The number of ether oxygens (including phenoxy) is 3. The fraction of sp³-hybridized carbons (Fsp3) is 0.591. The number of benzene rings is 2. The van der Waals surface area contributed by atoms with Crippen molar-refractivity contribution in [3.8, 4) is 17.2 Å². The van der Waals surface area contributed by atoms with Gasteiger partial charge in [0.25, 0.3) is 17.7 Å². The molecule has 59 heavy (non-hydrogen) atoms. The normalized spacial score (nSPS) is 10.6. The minimum Gasteiger partial charge on any atom is -0.493 e. The minimum atomic E-state index is -0.884. The highest BCUT2D eigenvalue weighted by molar-refractivity contribution is 6.05. The van der Waals surface area contributed by atoms with E-state index in [9.17, 15) is 28.8 Å². The summed E-state index contributed by atoms with van der Waals surface area (Å²) in [4.78, 5) is 76.5. The summed E-state index contributed by atoms with van der Waals surface area (Å²) in [5.74, 6) is -3.78. The van der Waals surface area contributed by atoms with Crippen molar-refractivity contribution in [2.45, 2.75) is 150 Å². The standard InChI is InChI=1S/C44H68N6O9/c1-5-8-11-14-17-22-27-57-37-26-21-20-25-34(37)42(54)49-46-40(52)32-41(53)47-50-44(56)36-30-35(43(55)48-45-33(4)51)38(58-28-23-18-15-12-9-6-2)31-39(36)59-29-24-19-16-13-10-7-3/h20-21,25-26,30-31H,5-19,22-24,27-29,32H2,1-4H3,(H,45,51)(H,46,52)(H,47,53)(H,48,55)(H,49,54)(H,50,56). The zero-order valence-corrected chi connectivity index (χ0v) is 35.7. The van der Waals surface area contributed by atoms with Crippen molar-refractivity contribution in [2.75, 3.05) is 19.8 Å². The number of carbonyl (C=O) groups is 6. The monoisotopic (exact) mass is 825 g/mol. The maximum absolute atomic E-state index is 13.5. The molecule has 2 aromatic rings. The molecule has 6 amide bonds. The lowest BCUT2D eigenvalue weighted by molar-refractivity contribution is -0.130. The summed E-state index contributed by atoms with van der Waals surface area (Å²) >= 11 is 0. The molecule has 0 aliphatic carbocycles. The number of nitrogens with one attached hydrogen (secondary N) is 6. The molecule has 0 saturated heterocycles. The van der Waals surface area contributed by atoms with Gasteiger partial charge in [-0.2, -0.15) is 0 Å². The second-order valence-electron chi connectivity index (χ2n) is 14.5. The highest BCUT2D eigenvalue weighted by atomic mass is 16.5. The average Bonchev–Trinajstić information content (AvgIpc) is 3.23. The van der Waals surface area contributed by atoms with E-state index in [1.807, 2.05) is 0 Å². The molecule has 0 saturated carbocycles. The summed E-state index contributed by atoms with van der Waals surface area (Å²) in [5, 5.41) is 0.